The van der Waals surface area contributed by atoms with E-state index in [0.717, 1.165) is 18.2 Å². The molecular weight excluding hydrogens is 520 g/mol. The third-order valence-corrected chi connectivity index (χ3v) is 5.02. The zero-order valence-electron chi connectivity index (χ0n) is 17.8. The molecule has 0 radical (unpaired) electrons. The molecule has 3 rings (SSSR count). The number of nitrogens with zero attached hydrogens (tertiary/aromatic N) is 1. The van der Waals surface area contributed by atoms with E-state index in [1.165, 1.54) is 24.4 Å². The zero-order valence-corrected chi connectivity index (χ0v) is 19.4. The molecule has 0 aliphatic rings. The van der Waals surface area contributed by atoms with Crippen LogP contribution in [-0.4, -0.2) is 18.7 Å². The van der Waals surface area contributed by atoms with Gasteiger partial charge in [0.1, 0.15) is 12.4 Å². The van der Waals surface area contributed by atoms with Gasteiger partial charge in [0, 0.05) is 5.56 Å². The van der Waals surface area contributed by atoms with Gasteiger partial charge in [-0.15, -0.1) is 0 Å². The van der Waals surface area contributed by atoms with Crippen molar-refractivity contribution in [2.75, 3.05) is 6.61 Å². The summed E-state index contributed by atoms with van der Waals surface area (Å²) in [5.74, 6) is -0.374. The number of alkyl halides is 3. The highest BCUT2D eigenvalue weighted by atomic mass is 79.9. The number of hydrogen-bond acceptors (Lipinski definition) is 4. The van der Waals surface area contributed by atoms with Gasteiger partial charge >= 0.3 is 6.18 Å². The first-order valence-electron chi connectivity index (χ1n) is 10.0. The highest BCUT2D eigenvalue weighted by Gasteiger charge is 2.30. The standard InChI is InChI=1S/C24H19BrF4N2O3/c1-2-33-21-11-16(10-20(25)22(21)34-14-15-5-3-8-19(26)9-15)13-30-31-23(32)17-6-4-7-18(12-17)24(27,28)29/h3-13H,2,14H2,1H3,(H,31,32)/b30-13-. The number of hydrazone groups is 1. The van der Waals surface area contributed by atoms with Crippen LogP contribution in [0.15, 0.2) is 70.2 Å². The molecule has 178 valence electrons. The average Bonchev–Trinajstić information content (AvgIpc) is 2.78. The van der Waals surface area contributed by atoms with Crippen molar-refractivity contribution in [2.24, 2.45) is 5.10 Å². The van der Waals surface area contributed by atoms with E-state index in [-0.39, 0.29) is 18.0 Å². The van der Waals surface area contributed by atoms with Gasteiger partial charge in [0.15, 0.2) is 11.5 Å². The summed E-state index contributed by atoms with van der Waals surface area (Å²) < 4.78 is 63.9. The molecule has 5 nitrogen and oxygen atoms in total. The molecule has 0 unspecified atom stereocenters. The van der Waals surface area contributed by atoms with Crippen LogP contribution in [0.3, 0.4) is 0 Å². The van der Waals surface area contributed by atoms with Crippen molar-refractivity contribution in [3.8, 4) is 11.5 Å². The van der Waals surface area contributed by atoms with Gasteiger partial charge in [-0.05, 0) is 76.4 Å². The Morgan fingerprint density at radius 1 is 1.09 bits per heavy atom. The summed E-state index contributed by atoms with van der Waals surface area (Å²) >= 11 is 3.41. The molecule has 34 heavy (non-hydrogen) atoms. The summed E-state index contributed by atoms with van der Waals surface area (Å²) in [5.41, 5.74) is 2.26. The van der Waals surface area contributed by atoms with Gasteiger partial charge in [-0.1, -0.05) is 18.2 Å². The SMILES string of the molecule is CCOc1cc(/C=N\NC(=O)c2cccc(C(F)(F)F)c2)cc(Br)c1OCc1cccc(F)c1. The Balaban J connectivity index is 1.72. The minimum absolute atomic E-state index is 0.108. The molecule has 0 heterocycles. The molecule has 0 aromatic heterocycles. The van der Waals surface area contributed by atoms with E-state index in [1.54, 1.807) is 31.2 Å². The molecule has 3 aromatic rings. The molecule has 0 atom stereocenters. The lowest BCUT2D eigenvalue weighted by atomic mass is 10.1. The lowest BCUT2D eigenvalue weighted by Gasteiger charge is -2.14. The van der Waals surface area contributed by atoms with Crippen molar-refractivity contribution >= 4 is 28.1 Å². The lowest BCUT2D eigenvalue weighted by molar-refractivity contribution is -0.137. The molecule has 1 N–H and O–H groups in total. The van der Waals surface area contributed by atoms with Crippen LogP contribution in [-0.2, 0) is 12.8 Å². The van der Waals surface area contributed by atoms with Gasteiger partial charge in [-0.2, -0.15) is 18.3 Å². The van der Waals surface area contributed by atoms with E-state index in [0.29, 0.717) is 33.7 Å². The molecule has 0 saturated heterocycles. The van der Waals surface area contributed by atoms with E-state index < -0.39 is 17.6 Å². The summed E-state index contributed by atoms with van der Waals surface area (Å²) in [6, 6.07) is 13.3. The number of hydrogen-bond donors (Lipinski definition) is 1. The first kappa shape index (κ1) is 25.2. The normalized spacial score (nSPS) is 11.5. The average molecular weight is 539 g/mol. The van der Waals surface area contributed by atoms with Gasteiger partial charge in [0.05, 0.1) is 22.9 Å². The van der Waals surface area contributed by atoms with Crippen LogP contribution < -0.4 is 14.9 Å². The first-order valence-corrected chi connectivity index (χ1v) is 10.8. The minimum Gasteiger partial charge on any atom is -0.490 e. The second-order valence-electron chi connectivity index (χ2n) is 6.96. The largest absolute Gasteiger partial charge is 0.490 e. The van der Waals surface area contributed by atoms with E-state index in [2.05, 4.69) is 26.5 Å². The van der Waals surface area contributed by atoms with E-state index >= 15 is 0 Å². The quantitative estimate of drug-likeness (QED) is 0.206. The number of halogens is 5. The monoisotopic (exact) mass is 538 g/mol. The van der Waals surface area contributed by atoms with Crippen LogP contribution in [0.1, 0.15) is 34.0 Å². The van der Waals surface area contributed by atoms with Crippen LogP contribution in [0.2, 0.25) is 0 Å². The van der Waals surface area contributed by atoms with Gasteiger partial charge in [-0.25, -0.2) is 9.82 Å². The molecule has 0 saturated carbocycles. The molecule has 1 amide bonds. The molecule has 0 bridgehead atoms. The fourth-order valence-corrected chi connectivity index (χ4v) is 3.49. The van der Waals surface area contributed by atoms with Crippen molar-refractivity contribution in [2.45, 2.75) is 19.7 Å². The van der Waals surface area contributed by atoms with Crippen LogP contribution in [0.25, 0.3) is 0 Å². The van der Waals surface area contributed by atoms with Crippen molar-refractivity contribution in [3.05, 3.63) is 93.2 Å². The number of carbonyl (C=O) groups is 1. The van der Waals surface area contributed by atoms with Gasteiger partial charge in [-0.3, -0.25) is 4.79 Å². The zero-order chi connectivity index (χ0) is 24.7. The number of carbonyl (C=O) groups excluding carboxylic acids is 1. The second-order valence-corrected chi connectivity index (χ2v) is 7.81. The molecule has 0 aliphatic heterocycles. The smallest absolute Gasteiger partial charge is 0.416 e. The third kappa shape index (κ3) is 6.80. The Morgan fingerprint density at radius 3 is 2.56 bits per heavy atom. The van der Waals surface area contributed by atoms with Crippen molar-refractivity contribution in [3.63, 3.8) is 0 Å². The van der Waals surface area contributed by atoms with Gasteiger partial charge < -0.3 is 9.47 Å². The van der Waals surface area contributed by atoms with Crippen LogP contribution >= 0.6 is 15.9 Å². The van der Waals surface area contributed by atoms with Crippen LogP contribution in [0.4, 0.5) is 17.6 Å². The minimum atomic E-state index is -4.56. The number of amides is 1. The van der Waals surface area contributed by atoms with Crippen LogP contribution in [0, 0.1) is 5.82 Å². The maximum absolute atomic E-state index is 13.4. The number of rotatable bonds is 8. The van der Waals surface area contributed by atoms with E-state index in [9.17, 15) is 22.4 Å². The second kappa shape index (κ2) is 11.1. The summed E-state index contributed by atoms with van der Waals surface area (Å²) in [7, 11) is 0. The maximum Gasteiger partial charge on any atom is 0.416 e. The topological polar surface area (TPSA) is 59.9 Å². The summed E-state index contributed by atoms with van der Waals surface area (Å²) in [5, 5.41) is 3.82. The molecule has 3 aromatic carbocycles. The fourth-order valence-electron chi connectivity index (χ4n) is 2.91. The van der Waals surface area contributed by atoms with Gasteiger partial charge in [0.25, 0.3) is 5.91 Å². The Bertz CT molecular complexity index is 1200. The fraction of sp³-hybridized carbons (Fsp3) is 0.167. The van der Waals surface area contributed by atoms with Gasteiger partial charge in [0.2, 0.25) is 0 Å². The summed E-state index contributed by atoms with van der Waals surface area (Å²) in [4.78, 5) is 12.2. The molecular formula is C24H19BrF4N2O3. The van der Waals surface area contributed by atoms with E-state index in [1.807, 2.05) is 0 Å². The summed E-state index contributed by atoms with van der Waals surface area (Å²) in [6.45, 7) is 2.24. The highest BCUT2D eigenvalue weighted by molar-refractivity contribution is 9.10. The van der Waals surface area contributed by atoms with E-state index in [4.69, 9.17) is 9.47 Å². The van der Waals surface area contributed by atoms with Crippen molar-refractivity contribution in [1.82, 2.24) is 5.43 Å². The molecule has 0 spiro atoms. The lowest BCUT2D eigenvalue weighted by Crippen LogP contribution is -2.18. The number of nitrogens with one attached hydrogen (secondary N) is 1. The number of benzene rings is 3. The summed E-state index contributed by atoms with van der Waals surface area (Å²) in [6.07, 6.45) is -3.24. The predicted octanol–water partition coefficient (Wildman–Crippen LogP) is 6.35. The Kier molecular flexibility index (Phi) is 8.27. The predicted molar refractivity (Wildman–Crippen MR) is 123 cm³/mol. The Labute approximate surface area is 201 Å². The van der Waals surface area contributed by atoms with Crippen LogP contribution in [0.5, 0.6) is 11.5 Å². The number of ether oxygens (including phenoxy) is 2. The molecule has 0 aliphatic carbocycles. The van der Waals surface area contributed by atoms with Crippen molar-refractivity contribution in [1.29, 1.82) is 0 Å². The Morgan fingerprint density at radius 2 is 1.85 bits per heavy atom. The third-order valence-electron chi connectivity index (χ3n) is 4.44. The highest BCUT2D eigenvalue weighted by Crippen LogP contribution is 2.37. The Hall–Kier alpha value is -3.40. The first-order chi connectivity index (χ1) is 16.2. The van der Waals surface area contributed by atoms with Crippen molar-refractivity contribution < 1.29 is 31.8 Å². The molecule has 10 heteroatoms. The molecule has 0 fully saturated rings. The maximum atomic E-state index is 13.4.